The zero-order valence-corrected chi connectivity index (χ0v) is 17.9. The molecule has 2 aliphatic rings. The zero-order valence-electron chi connectivity index (χ0n) is 17.9. The number of anilines is 1. The Labute approximate surface area is 173 Å². The first-order valence-electron chi connectivity index (χ1n) is 11.0. The fourth-order valence-electron chi connectivity index (χ4n) is 4.54. The van der Waals surface area contributed by atoms with Crippen LogP contribution in [0.25, 0.3) is 0 Å². The van der Waals surface area contributed by atoms with Gasteiger partial charge in [0.2, 0.25) is 11.8 Å². The van der Waals surface area contributed by atoms with Crippen LogP contribution in [-0.4, -0.2) is 47.2 Å². The molecule has 1 unspecified atom stereocenters. The Morgan fingerprint density at radius 2 is 1.86 bits per heavy atom. The van der Waals surface area contributed by atoms with E-state index in [2.05, 4.69) is 47.1 Å². The van der Waals surface area contributed by atoms with Gasteiger partial charge in [0, 0.05) is 39.0 Å². The molecule has 1 aliphatic heterocycles. The maximum absolute atomic E-state index is 13.1. The third kappa shape index (κ3) is 4.31. The lowest BCUT2D eigenvalue weighted by atomic mass is 9.84. The number of carbonyl (C=O) groups excluding carboxylic acids is 1. The van der Waals surface area contributed by atoms with Crippen LogP contribution in [0.3, 0.4) is 0 Å². The molecule has 0 radical (unpaired) electrons. The van der Waals surface area contributed by atoms with Crippen molar-refractivity contribution in [1.82, 2.24) is 15.1 Å². The van der Waals surface area contributed by atoms with Crippen molar-refractivity contribution in [3.05, 3.63) is 40.8 Å². The van der Waals surface area contributed by atoms with Crippen LogP contribution >= 0.6 is 0 Å². The summed E-state index contributed by atoms with van der Waals surface area (Å²) < 4.78 is 5.66. The van der Waals surface area contributed by atoms with Gasteiger partial charge in [-0.1, -0.05) is 44.1 Å². The number of carbonyl (C=O) groups is 1. The summed E-state index contributed by atoms with van der Waals surface area (Å²) in [5, 5.41) is 8.17. The van der Waals surface area contributed by atoms with Gasteiger partial charge >= 0.3 is 6.01 Å². The third-order valence-corrected chi connectivity index (χ3v) is 6.41. The lowest BCUT2D eigenvalue weighted by Crippen LogP contribution is -2.49. The second-order valence-electron chi connectivity index (χ2n) is 8.64. The number of rotatable bonds is 6. The lowest BCUT2D eigenvalue weighted by molar-refractivity contribution is -0.132. The van der Waals surface area contributed by atoms with E-state index < -0.39 is 0 Å². The Hall–Kier alpha value is -2.37. The van der Waals surface area contributed by atoms with E-state index in [1.165, 1.54) is 36.0 Å². The number of aryl methyl sites for hydroxylation is 3. The number of nitrogens with zero attached hydrogens (tertiary/aromatic N) is 4. The highest BCUT2D eigenvalue weighted by atomic mass is 16.4. The van der Waals surface area contributed by atoms with Crippen molar-refractivity contribution < 1.29 is 9.21 Å². The van der Waals surface area contributed by atoms with Crippen molar-refractivity contribution in [2.24, 2.45) is 5.92 Å². The van der Waals surface area contributed by atoms with Gasteiger partial charge < -0.3 is 14.2 Å². The zero-order chi connectivity index (χ0) is 20.4. The van der Waals surface area contributed by atoms with Crippen LogP contribution in [-0.2, 0) is 24.1 Å². The number of hydrogen-bond acceptors (Lipinski definition) is 5. The third-order valence-electron chi connectivity index (χ3n) is 6.41. The van der Waals surface area contributed by atoms with Crippen LogP contribution in [0.1, 0.15) is 62.1 Å². The van der Waals surface area contributed by atoms with Crippen LogP contribution < -0.4 is 4.90 Å². The molecule has 0 N–H and O–H groups in total. The average Bonchev–Trinajstić information content (AvgIpc) is 3.40. The Bertz CT molecular complexity index is 852. The topological polar surface area (TPSA) is 62.5 Å². The largest absolute Gasteiger partial charge is 0.408 e. The number of hydrogen-bond donors (Lipinski definition) is 0. The molecule has 1 fully saturated rings. The van der Waals surface area contributed by atoms with Crippen molar-refractivity contribution >= 4 is 11.9 Å². The highest BCUT2D eigenvalue weighted by Gasteiger charge is 2.28. The minimum absolute atomic E-state index is 0.253. The minimum Gasteiger partial charge on any atom is -0.408 e. The van der Waals surface area contributed by atoms with Crippen LogP contribution in [0, 0.1) is 5.92 Å². The highest BCUT2D eigenvalue weighted by molar-refractivity contribution is 5.77. The van der Waals surface area contributed by atoms with Gasteiger partial charge in [-0.3, -0.25) is 4.79 Å². The van der Waals surface area contributed by atoms with Crippen LogP contribution in [0.15, 0.2) is 22.6 Å². The smallest absolute Gasteiger partial charge is 0.318 e. The molecule has 1 amide bonds. The second kappa shape index (κ2) is 8.56. The van der Waals surface area contributed by atoms with E-state index in [-0.39, 0.29) is 11.8 Å². The Kier molecular flexibility index (Phi) is 5.88. The van der Waals surface area contributed by atoms with Gasteiger partial charge in [0.25, 0.3) is 0 Å². The molecule has 1 aromatic heterocycles. The van der Waals surface area contributed by atoms with Crippen molar-refractivity contribution in [1.29, 1.82) is 0 Å². The molecule has 0 saturated carbocycles. The van der Waals surface area contributed by atoms with E-state index in [1.807, 2.05) is 11.8 Å². The molecule has 6 heteroatoms. The van der Waals surface area contributed by atoms with Crippen molar-refractivity contribution in [3.8, 4) is 0 Å². The van der Waals surface area contributed by atoms with Crippen molar-refractivity contribution in [2.75, 3.05) is 31.1 Å². The van der Waals surface area contributed by atoms with E-state index in [1.54, 1.807) is 0 Å². The molecule has 6 nitrogen and oxygen atoms in total. The Morgan fingerprint density at radius 1 is 1.10 bits per heavy atom. The summed E-state index contributed by atoms with van der Waals surface area (Å²) in [7, 11) is 0. The molecular formula is C23H32N4O2. The van der Waals surface area contributed by atoms with Crippen LogP contribution in [0.5, 0.6) is 0 Å². The molecule has 2 aromatic rings. The van der Waals surface area contributed by atoms with Gasteiger partial charge in [0.05, 0.1) is 0 Å². The molecule has 29 heavy (non-hydrogen) atoms. The molecule has 1 aromatic carbocycles. The molecule has 1 atom stereocenters. The first kappa shape index (κ1) is 19.9. The van der Waals surface area contributed by atoms with Crippen LogP contribution in [0.2, 0.25) is 0 Å². The van der Waals surface area contributed by atoms with Gasteiger partial charge in [0.15, 0.2) is 0 Å². The van der Waals surface area contributed by atoms with Gasteiger partial charge in [0.1, 0.15) is 0 Å². The number of aromatic nitrogens is 2. The second-order valence-corrected chi connectivity index (χ2v) is 8.64. The molecule has 4 rings (SSSR count). The summed E-state index contributed by atoms with van der Waals surface area (Å²) >= 11 is 0. The van der Waals surface area contributed by atoms with E-state index in [4.69, 9.17) is 4.42 Å². The summed E-state index contributed by atoms with van der Waals surface area (Å²) in [6.45, 7) is 9.34. The summed E-state index contributed by atoms with van der Waals surface area (Å²) in [6.07, 6.45) is 4.96. The molecule has 0 spiro atoms. The number of amides is 1. The minimum atomic E-state index is 0.253. The first-order valence-corrected chi connectivity index (χ1v) is 11.0. The standard InChI is InChI=1S/C23H32N4O2/c1-4-21-24-25-23(29-21)27-12-10-26(11-13-27)22(28)15-20(16(2)3)19-9-8-17-6-5-7-18(17)14-19/h8-9,14,16,20H,4-7,10-13,15H2,1-3H3. The average molecular weight is 397 g/mol. The summed E-state index contributed by atoms with van der Waals surface area (Å²) in [4.78, 5) is 17.1. The maximum atomic E-state index is 13.1. The lowest BCUT2D eigenvalue weighted by Gasteiger charge is -2.35. The number of benzene rings is 1. The monoisotopic (exact) mass is 396 g/mol. The predicted molar refractivity (Wildman–Crippen MR) is 113 cm³/mol. The van der Waals surface area contributed by atoms with Crippen LogP contribution in [0.4, 0.5) is 6.01 Å². The highest BCUT2D eigenvalue weighted by Crippen LogP contribution is 2.32. The SMILES string of the molecule is CCc1nnc(N2CCN(C(=O)CC(c3ccc4c(c3)CCC4)C(C)C)CC2)o1. The predicted octanol–water partition coefficient (Wildman–Crippen LogP) is 3.60. The van der Waals surface area contributed by atoms with E-state index in [0.29, 0.717) is 37.3 Å². The maximum Gasteiger partial charge on any atom is 0.318 e. The van der Waals surface area contributed by atoms with Crippen molar-refractivity contribution in [3.63, 3.8) is 0 Å². The Morgan fingerprint density at radius 3 is 2.55 bits per heavy atom. The van der Waals surface area contributed by atoms with E-state index in [0.717, 1.165) is 19.5 Å². The van der Waals surface area contributed by atoms with Gasteiger partial charge in [-0.25, -0.2) is 0 Å². The van der Waals surface area contributed by atoms with Gasteiger partial charge in [-0.05, 0) is 47.8 Å². The quantitative estimate of drug-likeness (QED) is 0.747. The summed E-state index contributed by atoms with van der Waals surface area (Å²) in [6, 6.07) is 7.47. The summed E-state index contributed by atoms with van der Waals surface area (Å²) in [5.74, 6) is 1.62. The van der Waals surface area contributed by atoms with E-state index >= 15 is 0 Å². The van der Waals surface area contributed by atoms with Gasteiger partial charge in [-0.15, -0.1) is 5.10 Å². The fraction of sp³-hybridized carbons (Fsp3) is 0.609. The first-order chi connectivity index (χ1) is 14.0. The molecule has 1 saturated heterocycles. The molecule has 156 valence electrons. The number of fused-ring (bicyclic) bond motifs is 1. The summed E-state index contributed by atoms with van der Waals surface area (Å²) in [5.41, 5.74) is 4.30. The molecular weight excluding hydrogens is 364 g/mol. The molecule has 1 aliphatic carbocycles. The molecule has 2 heterocycles. The number of piperazine rings is 1. The van der Waals surface area contributed by atoms with Gasteiger partial charge in [-0.2, -0.15) is 0 Å². The Balaban J connectivity index is 1.37. The van der Waals surface area contributed by atoms with E-state index in [9.17, 15) is 4.79 Å². The van der Waals surface area contributed by atoms with Crippen molar-refractivity contribution in [2.45, 2.75) is 58.8 Å². The molecule has 0 bridgehead atoms. The normalized spacial score (nSPS) is 17.7. The fourth-order valence-corrected chi connectivity index (χ4v) is 4.54.